The fourth-order valence-electron chi connectivity index (χ4n) is 1.68. The SMILES string of the molecule is COC(C)Cc1nc2c(c(=O)[nH]1)CNC2. The molecule has 0 aromatic carbocycles. The van der Waals surface area contributed by atoms with Crippen molar-refractivity contribution in [3.8, 4) is 0 Å². The van der Waals surface area contributed by atoms with Gasteiger partial charge >= 0.3 is 0 Å². The van der Waals surface area contributed by atoms with Crippen molar-refractivity contribution in [3.05, 3.63) is 27.4 Å². The summed E-state index contributed by atoms with van der Waals surface area (Å²) < 4.78 is 5.14. The van der Waals surface area contributed by atoms with Crippen molar-refractivity contribution in [2.24, 2.45) is 0 Å². The fraction of sp³-hybridized carbons (Fsp3) is 0.600. The number of hydrogen-bond donors (Lipinski definition) is 2. The Morgan fingerprint density at radius 2 is 2.33 bits per heavy atom. The maximum Gasteiger partial charge on any atom is 0.255 e. The lowest BCUT2D eigenvalue weighted by molar-refractivity contribution is 0.117. The van der Waals surface area contributed by atoms with E-state index in [0.717, 1.165) is 11.3 Å². The van der Waals surface area contributed by atoms with Gasteiger partial charge in [0.05, 0.1) is 17.4 Å². The Bertz CT molecular complexity index is 414. The molecule has 5 nitrogen and oxygen atoms in total. The zero-order valence-electron chi connectivity index (χ0n) is 8.96. The van der Waals surface area contributed by atoms with E-state index in [9.17, 15) is 4.79 Å². The largest absolute Gasteiger partial charge is 0.381 e. The van der Waals surface area contributed by atoms with Crippen LogP contribution < -0.4 is 10.9 Å². The second-order valence-electron chi connectivity index (χ2n) is 3.79. The average Bonchev–Trinajstić information content (AvgIpc) is 2.66. The third-order valence-corrected chi connectivity index (χ3v) is 2.63. The molecule has 1 unspecified atom stereocenters. The summed E-state index contributed by atoms with van der Waals surface area (Å²) >= 11 is 0. The second-order valence-corrected chi connectivity index (χ2v) is 3.79. The van der Waals surface area contributed by atoms with Crippen LogP contribution in [0.3, 0.4) is 0 Å². The number of hydrogen-bond acceptors (Lipinski definition) is 4. The highest BCUT2D eigenvalue weighted by Gasteiger charge is 2.17. The molecule has 1 aromatic rings. The quantitative estimate of drug-likeness (QED) is 0.732. The van der Waals surface area contributed by atoms with Gasteiger partial charge in [-0.25, -0.2) is 4.98 Å². The summed E-state index contributed by atoms with van der Waals surface area (Å²) in [5.74, 6) is 0.705. The molecule has 5 heteroatoms. The third kappa shape index (κ3) is 2.08. The second kappa shape index (κ2) is 4.12. The molecule has 0 spiro atoms. The molecular weight excluding hydrogens is 194 g/mol. The molecule has 1 aliphatic heterocycles. The van der Waals surface area contributed by atoms with Crippen LogP contribution in [0.1, 0.15) is 24.0 Å². The van der Waals surface area contributed by atoms with E-state index in [1.807, 2.05) is 6.92 Å². The maximum atomic E-state index is 11.6. The van der Waals surface area contributed by atoms with Crippen LogP contribution in [-0.4, -0.2) is 23.2 Å². The van der Waals surface area contributed by atoms with Gasteiger partial charge in [-0.15, -0.1) is 0 Å². The first-order valence-electron chi connectivity index (χ1n) is 5.05. The van der Waals surface area contributed by atoms with Crippen molar-refractivity contribution in [2.45, 2.75) is 32.5 Å². The van der Waals surface area contributed by atoms with Gasteiger partial charge in [-0.05, 0) is 6.92 Å². The van der Waals surface area contributed by atoms with Crippen LogP contribution in [0.2, 0.25) is 0 Å². The van der Waals surface area contributed by atoms with E-state index in [0.29, 0.717) is 25.3 Å². The molecule has 1 atom stereocenters. The number of H-pyrrole nitrogens is 1. The van der Waals surface area contributed by atoms with Crippen molar-refractivity contribution in [2.75, 3.05) is 7.11 Å². The van der Waals surface area contributed by atoms with Gasteiger partial charge in [0.25, 0.3) is 5.56 Å². The Morgan fingerprint density at radius 1 is 1.53 bits per heavy atom. The third-order valence-electron chi connectivity index (χ3n) is 2.63. The standard InChI is InChI=1S/C10H15N3O2/c1-6(15-2)3-9-12-8-5-11-4-7(8)10(14)13-9/h6,11H,3-5H2,1-2H3,(H,12,13,14). The lowest BCUT2D eigenvalue weighted by atomic mass is 10.2. The minimum absolute atomic E-state index is 0.0247. The summed E-state index contributed by atoms with van der Waals surface area (Å²) in [6, 6.07) is 0. The van der Waals surface area contributed by atoms with E-state index in [-0.39, 0.29) is 11.7 Å². The van der Waals surface area contributed by atoms with Gasteiger partial charge in [-0.3, -0.25) is 4.79 Å². The van der Waals surface area contributed by atoms with Crippen molar-refractivity contribution in [3.63, 3.8) is 0 Å². The Morgan fingerprint density at radius 3 is 3.07 bits per heavy atom. The molecule has 1 aliphatic rings. The van der Waals surface area contributed by atoms with Gasteiger partial charge in [-0.1, -0.05) is 0 Å². The van der Waals surface area contributed by atoms with E-state index >= 15 is 0 Å². The van der Waals surface area contributed by atoms with E-state index < -0.39 is 0 Å². The molecule has 0 bridgehead atoms. The number of rotatable bonds is 3. The van der Waals surface area contributed by atoms with Gasteiger partial charge < -0.3 is 15.0 Å². The minimum Gasteiger partial charge on any atom is -0.381 e. The van der Waals surface area contributed by atoms with Crippen LogP contribution in [-0.2, 0) is 24.2 Å². The molecule has 0 fully saturated rings. The Balaban J connectivity index is 2.28. The first-order chi connectivity index (χ1) is 7.20. The lowest BCUT2D eigenvalue weighted by Crippen LogP contribution is -2.20. The predicted molar refractivity (Wildman–Crippen MR) is 55.6 cm³/mol. The van der Waals surface area contributed by atoms with Gasteiger partial charge in [-0.2, -0.15) is 0 Å². The van der Waals surface area contributed by atoms with Gasteiger partial charge in [0.2, 0.25) is 0 Å². The Kier molecular flexibility index (Phi) is 2.83. The monoisotopic (exact) mass is 209 g/mol. The van der Waals surface area contributed by atoms with Crippen LogP contribution in [0.25, 0.3) is 0 Å². The number of fused-ring (bicyclic) bond motifs is 1. The molecule has 15 heavy (non-hydrogen) atoms. The summed E-state index contributed by atoms with van der Waals surface area (Å²) in [4.78, 5) is 18.8. The zero-order valence-corrected chi connectivity index (χ0v) is 8.96. The summed E-state index contributed by atoms with van der Waals surface area (Å²) in [7, 11) is 1.65. The van der Waals surface area contributed by atoms with Gasteiger partial charge in [0, 0.05) is 26.6 Å². The average molecular weight is 209 g/mol. The van der Waals surface area contributed by atoms with E-state index in [2.05, 4.69) is 15.3 Å². The van der Waals surface area contributed by atoms with E-state index in [4.69, 9.17) is 4.74 Å². The van der Waals surface area contributed by atoms with Crippen LogP contribution in [0.5, 0.6) is 0 Å². The minimum atomic E-state index is -0.0247. The topological polar surface area (TPSA) is 67.0 Å². The summed E-state index contributed by atoms with van der Waals surface area (Å²) in [5, 5.41) is 3.11. The molecule has 2 rings (SSSR count). The highest BCUT2D eigenvalue weighted by molar-refractivity contribution is 5.21. The first-order valence-corrected chi connectivity index (χ1v) is 5.05. The molecule has 0 amide bonds. The molecule has 2 N–H and O–H groups in total. The van der Waals surface area contributed by atoms with Crippen molar-refractivity contribution in [1.29, 1.82) is 0 Å². The lowest BCUT2D eigenvalue weighted by Gasteiger charge is -2.08. The van der Waals surface area contributed by atoms with Crippen molar-refractivity contribution < 1.29 is 4.74 Å². The fourth-order valence-corrected chi connectivity index (χ4v) is 1.68. The van der Waals surface area contributed by atoms with Crippen LogP contribution in [0.15, 0.2) is 4.79 Å². The highest BCUT2D eigenvalue weighted by Crippen LogP contribution is 2.08. The normalized spacial score (nSPS) is 16.4. The molecule has 0 aliphatic carbocycles. The number of aromatic nitrogens is 2. The summed E-state index contributed by atoms with van der Waals surface area (Å²) in [6.07, 6.45) is 0.708. The molecule has 2 heterocycles. The van der Waals surface area contributed by atoms with Crippen molar-refractivity contribution >= 4 is 0 Å². The maximum absolute atomic E-state index is 11.6. The number of methoxy groups -OCH3 is 1. The summed E-state index contributed by atoms with van der Waals surface area (Å²) in [5.41, 5.74) is 1.61. The molecule has 82 valence electrons. The highest BCUT2D eigenvalue weighted by atomic mass is 16.5. The molecule has 0 saturated carbocycles. The number of ether oxygens (including phenoxy) is 1. The van der Waals surface area contributed by atoms with Crippen molar-refractivity contribution in [1.82, 2.24) is 15.3 Å². The van der Waals surface area contributed by atoms with Gasteiger partial charge in [0.15, 0.2) is 0 Å². The molecule has 0 saturated heterocycles. The van der Waals surface area contributed by atoms with Crippen LogP contribution in [0, 0.1) is 0 Å². The van der Waals surface area contributed by atoms with E-state index in [1.54, 1.807) is 7.11 Å². The first kappa shape index (κ1) is 10.3. The molecule has 0 radical (unpaired) electrons. The Labute approximate surface area is 87.9 Å². The smallest absolute Gasteiger partial charge is 0.255 e. The van der Waals surface area contributed by atoms with Crippen LogP contribution >= 0.6 is 0 Å². The van der Waals surface area contributed by atoms with Gasteiger partial charge in [0.1, 0.15) is 5.82 Å². The summed E-state index contributed by atoms with van der Waals surface area (Å²) in [6.45, 7) is 3.26. The number of aromatic amines is 1. The number of nitrogens with zero attached hydrogens (tertiary/aromatic N) is 1. The Hall–Kier alpha value is -1.20. The zero-order chi connectivity index (χ0) is 10.8. The predicted octanol–water partition coefficient (Wildman–Crippen LogP) is -0.0495. The molecular formula is C10H15N3O2. The van der Waals surface area contributed by atoms with E-state index in [1.165, 1.54) is 0 Å². The van der Waals surface area contributed by atoms with Crippen LogP contribution in [0.4, 0.5) is 0 Å². The molecule has 1 aromatic heterocycles. The number of nitrogens with one attached hydrogen (secondary N) is 2.